The van der Waals surface area contributed by atoms with Gasteiger partial charge in [0.05, 0.1) is 0 Å². The number of ether oxygens (including phenoxy) is 2. The van der Waals surface area contributed by atoms with Gasteiger partial charge in [0.2, 0.25) is 5.89 Å². The molecule has 3 heterocycles. The van der Waals surface area contributed by atoms with Crippen LogP contribution in [0.1, 0.15) is 55.3 Å². The van der Waals surface area contributed by atoms with Crippen LogP contribution in [0.15, 0.2) is 28.8 Å². The van der Waals surface area contributed by atoms with E-state index in [4.69, 9.17) is 30.6 Å². The van der Waals surface area contributed by atoms with Gasteiger partial charge in [0.1, 0.15) is 0 Å². The van der Waals surface area contributed by atoms with Gasteiger partial charge in [-0.05, 0) is 62.9 Å². The predicted octanol–water partition coefficient (Wildman–Crippen LogP) is 4.19. The quantitative estimate of drug-likeness (QED) is 0.670. The Labute approximate surface area is 177 Å². The average molecular weight is 420 g/mol. The summed E-state index contributed by atoms with van der Waals surface area (Å²) in [6, 6.07) is 8.12. The molecule has 1 aromatic heterocycles. The van der Waals surface area contributed by atoms with Crippen LogP contribution in [0.4, 0.5) is 0 Å². The molecule has 0 N–H and O–H groups in total. The maximum absolute atomic E-state index is 6.14. The Balaban J connectivity index is 1.44. The summed E-state index contributed by atoms with van der Waals surface area (Å²) in [7, 11) is 1.76. The van der Waals surface area contributed by atoms with Crippen LogP contribution in [0.2, 0.25) is 5.02 Å². The molecular weight excluding hydrogens is 390 g/mol. The third-order valence-electron chi connectivity index (χ3n) is 6.38. The van der Waals surface area contributed by atoms with Crippen molar-refractivity contribution in [2.24, 2.45) is 0 Å². The van der Waals surface area contributed by atoms with Crippen molar-refractivity contribution < 1.29 is 14.0 Å². The topological polar surface area (TPSA) is 60.6 Å². The summed E-state index contributed by atoms with van der Waals surface area (Å²) in [4.78, 5) is 7.36. The van der Waals surface area contributed by atoms with E-state index >= 15 is 0 Å². The minimum atomic E-state index is -0.0756. The zero-order valence-electron chi connectivity index (χ0n) is 17.1. The van der Waals surface area contributed by atoms with Gasteiger partial charge in [-0.15, -0.1) is 0 Å². The number of hydrogen-bond donors (Lipinski definition) is 0. The van der Waals surface area contributed by atoms with E-state index in [1.54, 1.807) is 7.11 Å². The number of halogens is 1. The molecule has 0 radical (unpaired) electrons. The Morgan fingerprint density at radius 1 is 1.24 bits per heavy atom. The number of benzene rings is 1. The first-order chi connectivity index (χ1) is 14.2. The van der Waals surface area contributed by atoms with Crippen molar-refractivity contribution in [1.29, 1.82) is 0 Å². The smallest absolute Gasteiger partial charge is 0.229 e. The van der Waals surface area contributed by atoms with Gasteiger partial charge in [0.15, 0.2) is 5.82 Å². The predicted molar refractivity (Wildman–Crippen MR) is 111 cm³/mol. The average Bonchev–Trinajstić information content (AvgIpc) is 3.25. The number of piperidine rings is 1. The van der Waals surface area contributed by atoms with Gasteiger partial charge in [-0.3, -0.25) is 4.90 Å². The van der Waals surface area contributed by atoms with Crippen LogP contribution in [0.5, 0.6) is 0 Å². The second kappa shape index (κ2) is 9.56. The van der Waals surface area contributed by atoms with Gasteiger partial charge < -0.3 is 14.0 Å². The van der Waals surface area contributed by atoms with Crippen LogP contribution in [0, 0.1) is 0 Å². The molecule has 4 rings (SSSR count). The standard InChI is InChI=1S/C22H30ClN3O3/c1-27-14-9-22(21-24-20(29-25-21)18-5-12-28-13-6-18)7-10-26(11-8-22)16-17-3-2-4-19(23)15-17/h2-4,15,18H,5-14,16H2,1H3. The largest absolute Gasteiger partial charge is 0.385 e. The van der Waals surface area contributed by atoms with Gasteiger partial charge in [0.25, 0.3) is 0 Å². The normalized spacial score (nSPS) is 20.8. The number of nitrogens with zero attached hydrogens (tertiary/aromatic N) is 3. The molecule has 2 saturated heterocycles. The highest BCUT2D eigenvalue weighted by Crippen LogP contribution is 2.38. The van der Waals surface area contributed by atoms with Gasteiger partial charge in [-0.1, -0.05) is 28.9 Å². The SMILES string of the molecule is COCCC1(c2noc(C3CCOCC3)n2)CCN(Cc2cccc(Cl)c2)CC1. The van der Waals surface area contributed by atoms with Crippen LogP contribution in [-0.2, 0) is 21.4 Å². The van der Waals surface area contributed by atoms with Crippen molar-refractivity contribution in [3.63, 3.8) is 0 Å². The lowest BCUT2D eigenvalue weighted by Gasteiger charge is -2.40. The van der Waals surface area contributed by atoms with Gasteiger partial charge in [-0.2, -0.15) is 4.98 Å². The summed E-state index contributed by atoms with van der Waals surface area (Å²) >= 11 is 6.14. The number of aromatic nitrogens is 2. The Bertz CT molecular complexity index is 783. The van der Waals surface area contributed by atoms with Gasteiger partial charge in [0, 0.05) is 49.8 Å². The van der Waals surface area contributed by atoms with E-state index in [2.05, 4.69) is 16.1 Å². The van der Waals surface area contributed by atoms with E-state index < -0.39 is 0 Å². The molecule has 0 spiro atoms. The number of likely N-dealkylation sites (tertiary alicyclic amines) is 1. The second-order valence-electron chi connectivity index (χ2n) is 8.27. The summed E-state index contributed by atoms with van der Waals surface area (Å²) in [5.41, 5.74) is 1.18. The van der Waals surface area contributed by atoms with Crippen molar-refractivity contribution >= 4 is 11.6 Å². The molecule has 2 fully saturated rings. The number of hydrogen-bond acceptors (Lipinski definition) is 6. The van der Waals surface area contributed by atoms with Gasteiger partial charge >= 0.3 is 0 Å². The van der Waals surface area contributed by atoms with Crippen LogP contribution in [-0.4, -0.2) is 55.1 Å². The molecule has 0 aliphatic carbocycles. The lowest BCUT2D eigenvalue weighted by molar-refractivity contribution is 0.0778. The Kier molecular flexibility index (Phi) is 6.85. The number of methoxy groups -OCH3 is 1. The lowest BCUT2D eigenvalue weighted by atomic mass is 9.75. The molecule has 6 nitrogen and oxygen atoms in total. The minimum Gasteiger partial charge on any atom is -0.385 e. The van der Waals surface area contributed by atoms with E-state index in [1.807, 2.05) is 18.2 Å². The fourth-order valence-electron chi connectivity index (χ4n) is 4.48. The molecular formula is C22H30ClN3O3. The highest BCUT2D eigenvalue weighted by molar-refractivity contribution is 6.30. The Morgan fingerprint density at radius 2 is 2.03 bits per heavy atom. The molecule has 1 aromatic carbocycles. The Morgan fingerprint density at radius 3 is 2.76 bits per heavy atom. The molecule has 29 heavy (non-hydrogen) atoms. The van der Waals surface area contributed by atoms with Crippen molar-refractivity contribution in [2.75, 3.05) is 40.0 Å². The van der Waals surface area contributed by atoms with E-state index in [9.17, 15) is 0 Å². The summed E-state index contributed by atoms with van der Waals surface area (Å²) in [6.07, 6.45) is 4.84. The van der Waals surface area contributed by atoms with E-state index in [0.29, 0.717) is 12.5 Å². The molecule has 0 atom stereocenters. The first-order valence-corrected chi connectivity index (χ1v) is 10.9. The molecule has 0 saturated carbocycles. The molecule has 0 unspecified atom stereocenters. The highest BCUT2D eigenvalue weighted by atomic mass is 35.5. The summed E-state index contributed by atoms with van der Waals surface area (Å²) in [5.74, 6) is 1.97. The fraction of sp³-hybridized carbons (Fsp3) is 0.636. The zero-order valence-corrected chi connectivity index (χ0v) is 17.9. The lowest BCUT2D eigenvalue weighted by Crippen LogP contribution is -2.43. The van der Waals surface area contributed by atoms with Gasteiger partial charge in [-0.25, -0.2) is 0 Å². The van der Waals surface area contributed by atoms with E-state index in [0.717, 1.165) is 81.7 Å². The zero-order chi connectivity index (χ0) is 20.1. The molecule has 2 aliphatic heterocycles. The highest BCUT2D eigenvalue weighted by Gasteiger charge is 2.40. The Hall–Kier alpha value is -1.47. The van der Waals surface area contributed by atoms with Crippen molar-refractivity contribution in [1.82, 2.24) is 15.0 Å². The maximum atomic E-state index is 6.14. The molecule has 7 heteroatoms. The summed E-state index contributed by atoms with van der Waals surface area (Å²) in [5, 5.41) is 5.24. The first kappa shape index (κ1) is 20.8. The van der Waals surface area contributed by atoms with Crippen molar-refractivity contribution in [3.05, 3.63) is 46.6 Å². The summed E-state index contributed by atoms with van der Waals surface area (Å²) in [6.45, 7) is 5.16. The third-order valence-corrected chi connectivity index (χ3v) is 6.61. The molecule has 2 aromatic rings. The first-order valence-electron chi connectivity index (χ1n) is 10.6. The van der Waals surface area contributed by atoms with Crippen LogP contribution >= 0.6 is 11.6 Å². The monoisotopic (exact) mass is 419 g/mol. The molecule has 2 aliphatic rings. The molecule has 0 bridgehead atoms. The van der Waals surface area contributed by atoms with E-state index in [1.165, 1.54) is 5.56 Å². The minimum absolute atomic E-state index is 0.0756. The van der Waals surface area contributed by atoms with Crippen molar-refractivity contribution in [3.8, 4) is 0 Å². The van der Waals surface area contributed by atoms with Crippen LogP contribution in [0.3, 0.4) is 0 Å². The third kappa shape index (κ3) is 5.00. The molecule has 158 valence electrons. The molecule has 0 amide bonds. The second-order valence-corrected chi connectivity index (χ2v) is 8.71. The van der Waals surface area contributed by atoms with Crippen molar-refractivity contribution in [2.45, 2.75) is 50.0 Å². The van der Waals surface area contributed by atoms with E-state index in [-0.39, 0.29) is 5.41 Å². The maximum Gasteiger partial charge on any atom is 0.229 e. The van der Waals surface area contributed by atoms with Crippen LogP contribution in [0.25, 0.3) is 0 Å². The number of rotatable bonds is 7. The summed E-state index contributed by atoms with van der Waals surface area (Å²) < 4.78 is 16.6. The fourth-order valence-corrected chi connectivity index (χ4v) is 4.69. The van der Waals surface area contributed by atoms with Crippen LogP contribution < -0.4 is 0 Å².